The van der Waals surface area contributed by atoms with Crippen molar-refractivity contribution in [2.24, 2.45) is 0 Å². The van der Waals surface area contributed by atoms with Gasteiger partial charge in [0.2, 0.25) is 0 Å². The van der Waals surface area contributed by atoms with Gasteiger partial charge in [-0.1, -0.05) is 31.2 Å². The third kappa shape index (κ3) is 1.40. The molecule has 0 heterocycles. The number of benzene rings is 1. The summed E-state index contributed by atoms with van der Waals surface area (Å²) >= 11 is 0. The van der Waals surface area contributed by atoms with Crippen LogP contribution in [0.25, 0.3) is 0 Å². The Kier molecular flexibility index (Phi) is 2.61. The predicted octanol–water partition coefficient (Wildman–Crippen LogP) is 2.03. The van der Waals surface area contributed by atoms with E-state index in [1.807, 2.05) is 19.2 Å². The minimum Gasteiger partial charge on any atom is -0.304 e. The number of carbonyl (C=O) groups excluding carboxylic acids is 1. The van der Waals surface area contributed by atoms with E-state index in [1.165, 1.54) is 11.1 Å². The Bertz CT molecular complexity index is 380. The highest BCUT2D eigenvalue weighted by Gasteiger charge is 2.40. The van der Waals surface area contributed by atoms with Crippen LogP contribution in [-0.2, 0) is 16.8 Å². The molecule has 2 heteroatoms. The Morgan fingerprint density at radius 2 is 2.07 bits per heavy atom. The molecule has 80 valence electrons. The van der Waals surface area contributed by atoms with Crippen LogP contribution in [0.5, 0.6) is 0 Å². The molecule has 0 amide bonds. The van der Waals surface area contributed by atoms with Crippen molar-refractivity contribution in [1.29, 1.82) is 0 Å². The predicted molar refractivity (Wildman–Crippen MR) is 60.8 cm³/mol. The number of Topliss-reactive ketones (excluding diaryl/α,β-unsaturated/α-hetero) is 1. The van der Waals surface area contributed by atoms with E-state index in [0.29, 0.717) is 12.2 Å². The highest BCUT2D eigenvalue weighted by atomic mass is 16.1. The van der Waals surface area contributed by atoms with Gasteiger partial charge in [-0.15, -0.1) is 0 Å². The molecule has 0 bridgehead atoms. The maximum Gasteiger partial charge on any atom is 0.157 e. The maximum atomic E-state index is 12.1. The molecule has 0 fully saturated rings. The lowest BCUT2D eigenvalue weighted by atomic mass is 9.74. The molecule has 2 nitrogen and oxygen atoms in total. The molecule has 2 rings (SSSR count). The summed E-state index contributed by atoms with van der Waals surface area (Å²) in [5.74, 6) is 0.325. The van der Waals surface area contributed by atoms with Crippen LogP contribution in [0.4, 0.5) is 0 Å². The zero-order chi connectivity index (χ0) is 10.9. The van der Waals surface area contributed by atoms with Gasteiger partial charge in [0.15, 0.2) is 5.78 Å². The van der Waals surface area contributed by atoms with Crippen molar-refractivity contribution in [2.45, 2.75) is 31.7 Å². The van der Waals surface area contributed by atoms with Crippen LogP contribution in [0, 0.1) is 0 Å². The lowest BCUT2D eigenvalue weighted by Gasteiger charge is -2.36. The number of aryl methyl sites for hydroxylation is 1. The van der Waals surface area contributed by atoms with Gasteiger partial charge in [-0.25, -0.2) is 0 Å². The topological polar surface area (TPSA) is 29.1 Å². The van der Waals surface area contributed by atoms with Gasteiger partial charge in [-0.3, -0.25) is 4.79 Å². The molecule has 0 aromatic heterocycles. The number of hydrogen-bond acceptors (Lipinski definition) is 2. The van der Waals surface area contributed by atoms with Crippen molar-refractivity contribution in [3.63, 3.8) is 0 Å². The summed E-state index contributed by atoms with van der Waals surface area (Å²) in [4.78, 5) is 12.1. The number of hydrogen-bond donors (Lipinski definition) is 1. The zero-order valence-corrected chi connectivity index (χ0v) is 9.34. The second kappa shape index (κ2) is 3.78. The molecule has 0 saturated heterocycles. The Hall–Kier alpha value is -1.15. The van der Waals surface area contributed by atoms with Gasteiger partial charge >= 0.3 is 0 Å². The van der Waals surface area contributed by atoms with Gasteiger partial charge in [0.05, 0.1) is 0 Å². The van der Waals surface area contributed by atoms with Gasteiger partial charge in [0.1, 0.15) is 5.54 Å². The molecular formula is C13H17NO. The van der Waals surface area contributed by atoms with E-state index in [1.54, 1.807) is 0 Å². The van der Waals surface area contributed by atoms with Crippen LogP contribution in [0.1, 0.15) is 30.9 Å². The quantitative estimate of drug-likeness (QED) is 0.796. The van der Waals surface area contributed by atoms with E-state index in [4.69, 9.17) is 0 Å². The molecule has 15 heavy (non-hydrogen) atoms. The summed E-state index contributed by atoms with van der Waals surface area (Å²) in [6.45, 7) is 2.07. The summed E-state index contributed by atoms with van der Waals surface area (Å²) in [5.41, 5.74) is 2.05. The second-order valence-corrected chi connectivity index (χ2v) is 4.09. The van der Waals surface area contributed by atoms with Crippen molar-refractivity contribution in [1.82, 2.24) is 5.32 Å². The van der Waals surface area contributed by atoms with Crippen LogP contribution >= 0.6 is 0 Å². The van der Waals surface area contributed by atoms with E-state index in [-0.39, 0.29) is 0 Å². The highest BCUT2D eigenvalue weighted by Crippen LogP contribution is 2.34. The molecule has 1 N–H and O–H groups in total. The number of likely N-dealkylation sites (N-methyl/N-ethyl adjacent to an activating group) is 1. The first-order chi connectivity index (χ1) is 7.24. The van der Waals surface area contributed by atoms with Crippen molar-refractivity contribution in [3.05, 3.63) is 35.4 Å². The third-order valence-corrected chi connectivity index (χ3v) is 3.53. The zero-order valence-electron chi connectivity index (χ0n) is 9.34. The fraction of sp³-hybridized carbons (Fsp3) is 0.462. The molecule has 0 saturated carbocycles. The van der Waals surface area contributed by atoms with Crippen molar-refractivity contribution >= 4 is 5.78 Å². The van der Waals surface area contributed by atoms with Crippen molar-refractivity contribution in [3.8, 4) is 0 Å². The number of rotatable bonds is 2. The van der Waals surface area contributed by atoms with E-state index in [0.717, 1.165) is 12.8 Å². The van der Waals surface area contributed by atoms with Crippen LogP contribution in [0.2, 0.25) is 0 Å². The van der Waals surface area contributed by atoms with Gasteiger partial charge in [0.25, 0.3) is 0 Å². The first-order valence-electron chi connectivity index (χ1n) is 5.55. The lowest BCUT2D eigenvalue weighted by molar-refractivity contribution is -0.126. The molecule has 1 aliphatic rings. The third-order valence-electron chi connectivity index (χ3n) is 3.53. The summed E-state index contributed by atoms with van der Waals surface area (Å²) in [6, 6.07) is 8.26. The van der Waals surface area contributed by atoms with Crippen LogP contribution in [0.3, 0.4) is 0 Å². The molecule has 1 aromatic carbocycles. The highest BCUT2D eigenvalue weighted by molar-refractivity contribution is 5.91. The molecule has 0 spiro atoms. The molecular weight excluding hydrogens is 186 g/mol. The minimum absolute atomic E-state index is 0.325. The van der Waals surface area contributed by atoms with Crippen LogP contribution < -0.4 is 5.32 Å². The van der Waals surface area contributed by atoms with E-state index < -0.39 is 5.54 Å². The average molecular weight is 203 g/mol. The van der Waals surface area contributed by atoms with E-state index in [9.17, 15) is 4.79 Å². The Morgan fingerprint density at radius 1 is 1.33 bits per heavy atom. The van der Waals surface area contributed by atoms with E-state index in [2.05, 4.69) is 24.4 Å². The fourth-order valence-electron chi connectivity index (χ4n) is 2.60. The number of ketones is 1. The normalized spacial score (nSPS) is 25.1. The molecule has 1 atom stereocenters. The van der Waals surface area contributed by atoms with Gasteiger partial charge in [-0.05, 0) is 31.0 Å². The van der Waals surface area contributed by atoms with E-state index >= 15 is 0 Å². The molecule has 1 aromatic rings. The minimum atomic E-state index is -0.436. The standard InChI is InChI=1S/C13H17NO/c1-3-13(14-2)11-7-5-4-6-10(11)8-9-12(13)15/h4-7,14H,3,8-9H2,1-2H3. The number of nitrogens with one attached hydrogen (secondary N) is 1. The van der Waals surface area contributed by atoms with Gasteiger partial charge in [-0.2, -0.15) is 0 Å². The first kappa shape index (κ1) is 10.4. The summed E-state index contributed by atoms with van der Waals surface area (Å²) in [5, 5.41) is 3.22. The summed E-state index contributed by atoms with van der Waals surface area (Å²) in [7, 11) is 1.88. The fourth-order valence-corrected chi connectivity index (χ4v) is 2.60. The Morgan fingerprint density at radius 3 is 2.73 bits per heavy atom. The average Bonchev–Trinajstić information content (AvgIpc) is 2.30. The smallest absolute Gasteiger partial charge is 0.157 e. The molecule has 0 radical (unpaired) electrons. The van der Waals surface area contributed by atoms with Crippen LogP contribution in [0.15, 0.2) is 24.3 Å². The van der Waals surface area contributed by atoms with Gasteiger partial charge < -0.3 is 5.32 Å². The summed E-state index contributed by atoms with van der Waals surface area (Å²) in [6.07, 6.45) is 2.36. The molecule has 0 aliphatic heterocycles. The molecule has 1 unspecified atom stereocenters. The summed E-state index contributed by atoms with van der Waals surface area (Å²) < 4.78 is 0. The first-order valence-corrected chi connectivity index (χ1v) is 5.55. The number of fused-ring (bicyclic) bond motifs is 1. The van der Waals surface area contributed by atoms with Crippen molar-refractivity contribution < 1.29 is 4.79 Å². The SMILES string of the molecule is CCC1(NC)C(=O)CCc2ccccc21. The van der Waals surface area contributed by atoms with Gasteiger partial charge in [0, 0.05) is 6.42 Å². The Labute approximate surface area is 90.7 Å². The largest absolute Gasteiger partial charge is 0.304 e. The lowest BCUT2D eigenvalue weighted by Crippen LogP contribution is -2.49. The second-order valence-electron chi connectivity index (χ2n) is 4.09. The van der Waals surface area contributed by atoms with Crippen LogP contribution in [-0.4, -0.2) is 12.8 Å². The monoisotopic (exact) mass is 203 g/mol. The Balaban J connectivity index is 2.59. The molecule has 1 aliphatic carbocycles. The number of carbonyl (C=O) groups is 1. The van der Waals surface area contributed by atoms with Crippen molar-refractivity contribution in [2.75, 3.05) is 7.05 Å². The maximum absolute atomic E-state index is 12.1.